The molecule has 0 aliphatic rings. The van der Waals surface area contributed by atoms with Crippen LogP contribution in [-0.2, 0) is 34.7 Å². The molecule has 0 radical (unpaired) electrons. The van der Waals surface area contributed by atoms with Crippen LogP contribution in [0.1, 0.15) is 12.5 Å². The molecule has 31 heavy (non-hydrogen) atoms. The highest BCUT2D eigenvalue weighted by molar-refractivity contribution is 7.96. The number of ether oxygens (including phenoxy) is 2. The zero-order chi connectivity index (χ0) is 22.9. The Morgan fingerprint density at radius 2 is 1.68 bits per heavy atom. The van der Waals surface area contributed by atoms with Crippen LogP contribution in [0.3, 0.4) is 0 Å². The van der Waals surface area contributed by atoms with E-state index in [1.54, 1.807) is 36.4 Å². The predicted octanol–water partition coefficient (Wildman–Crippen LogP) is 3.00. The zero-order valence-electron chi connectivity index (χ0n) is 18.3. The van der Waals surface area contributed by atoms with Gasteiger partial charge in [-0.1, -0.05) is 17.7 Å². The lowest BCUT2D eigenvalue weighted by atomic mass is 10.2. The van der Waals surface area contributed by atoms with E-state index < -0.39 is 16.2 Å². The third-order valence-corrected chi connectivity index (χ3v) is 6.29. The van der Waals surface area contributed by atoms with Gasteiger partial charge in [0.1, 0.15) is 18.5 Å². The van der Waals surface area contributed by atoms with Crippen LogP contribution >= 0.6 is 0 Å². The number of anilines is 1. The maximum atomic E-state index is 12.6. The maximum absolute atomic E-state index is 12.6. The van der Waals surface area contributed by atoms with Gasteiger partial charge in [0.05, 0.1) is 24.0 Å². The highest BCUT2D eigenvalue weighted by Crippen LogP contribution is 2.19. The molecule has 2 aromatic rings. The Balaban J connectivity index is 1.98. The van der Waals surface area contributed by atoms with Gasteiger partial charge in [-0.05, 0) is 61.1 Å². The monoisotopic (exact) mass is 468 g/mol. The fourth-order valence-corrected chi connectivity index (χ4v) is 4.22. The van der Waals surface area contributed by atoms with E-state index in [9.17, 15) is 13.2 Å². The molecule has 1 atom stereocenters. The molecule has 9 heteroatoms. The number of carbonyl (C=O) groups excluding carboxylic acids is 1. The minimum Gasteiger partial charge on any atom is -0.491 e. The van der Waals surface area contributed by atoms with Crippen molar-refractivity contribution in [2.24, 2.45) is 0 Å². The number of nitrogens with one attached hydrogen (secondary N) is 1. The summed E-state index contributed by atoms with van der Waals surface area (Å²) in [6.07, 6.45) is 3.21. The van der Waals surface area contributed by atoms with Gasteiger partial charge in [-0.2, -0.15) is 8.42 Å². The maximum Gasteiger partial charge on any atom is 0.297 e. The number of hydrogen-bond acceptors (Lipinski definition) is 6. The van der Waals surface area contributed by atoms with Gasteiger partial charge in [0, 0.05) is 12.3 Å². The molecule has 1 amide bonds. The first-order valence-electron chi connectivity index (χ1n) is 9.84. The Bertz CT molecular complexity index is 927. The molecule has 2 aromatic carbocycles. The van der Waals surface area contributed by atoms with E-state index >= 15 is 0 Å². The lowest BCUT2D eigenvalue weighted by molar-refractivity contribution is -0.113. The van der Waals surface area contributed by atoms with Crippen LogP contribution in [0.25, 0.3) is 0 Å². The summed E-state index contributed by atoms with van der Waals surface area (Å²) in [7, 11) is -3.92. The average molecular weight is 469 g/mol. The molecule has 7 nitrogen and oxygen atoms in total. The van der Waals surface area contributed by atoms with Crippen LogP contribution in [0.4, 0.5) is 5.69 Å². The number of rotatable bonds is 12. The zero-order valence-corrected chi connectivity index (χ0v) is 19.9. The molecule has 0 aliphatic carbocycles. The second-order valence-corrected chi connectivity index (χ2v) is 11.0. The minimum atomic E-state index is -3.95. The largest absolute Gasteiger partial charge is 0.491 e. The molecule has 0 saturated heterocycles. The molecule has 0 heterocycles. The summed E-state index contributed by atoms with van der Waals surface area (Å²) in [5, 5.41) is 2.83. The van der Waals surface area contributed by atoms with E-state index in [-0.39, 0.29) is 34.9 Å². The van der Waals surface area contributed by atoms with E-state index in [0.29, 0.717) is 23.8 Å². The molecule has 0 fully saturated rings. The van der Waals surface area contributed by atoms with Gasteiger partial charge >= 0.3 is 0 Å². The fourth-order valence-electron chi connectivity index (χ4n) is 2.58. The molecule has 2 rings (SSSR count). The topological polar surface area (TPSA) is 90.9 Å². The molecule has 1 unspecified atom stereocenters. The Morgan fingerprint density at radius 1 is 1.03 bits per heavy atom. The first kappa shape index (κ1) is 25.2. The van der Waals surface area contributed by atoms with Gasteiger partial charge in [0.25, 0.3) is 16.0 Å². The van der Waals surface area contributed by atoms with Crippen molar-refractivity contribution in [2.45, 2.75) is 24.8 Å². The second kappa shape index (κ2) is 12.1. The highest BCUT2D eigenvalue weighted by atomic mass is 32.2. The molecule has 0 aromatic heterocycles. The first-order valence-corrected chi connectivity index (χ1v) is 13.5. The molecule has 0 aliphatic heterocycles. The summed E-state index contributed by atoms with van der Waals surface area (Å²) in [5.74, 6) is 0.972. The van der Waals surface area contributed by atoms with Crippen LogP contribution in [-0.4, -0.2) is 58.5 Å². The van der Waals surface area contributed by atoms with E-state index in [1.807, 2.05) is 26.4 Å². The normalized spacial score (nSPS) is 12.5. The number of hydrogen-bond donors (Lipinski definition) is 1. The number of aryl methyl sites for hydroxylation is 1. The molecule has 0 bridgehead atoms. The first-order chi connectivity index (χ1) is 14.7. The number of carbonyl (C=O) groups is 1. The van der Waals surface area contributed by atoms with Crippen LogP contribution < -0.4 is 10.1 Å². The van der Waals surface area contributed by atoms with Crippen molar-refractivity contribution in [2.75, 3.05) is 43.4 Å². The van der Waals surface area contributed by atoms with Crippen LogP contribution in [0, 0.1) is 6.92 Å². The fraction of sp³-hybridized carbons (Fsp3) is 0.409. The van der Waals surface area contributed by atoms with Gasteiger partial charge < -0.3 is 14.8 Å². The van der Waals surface area contributed by atoms with Crippen LogP contribution in [0.2, 0.25) is 0 Å². The molecule has 0 spiro atoms. The SMILES string of the molecule is CCOCC(COc1ccc(NC(=O)C[S+](C)C)cc1)OS(=O)(=O)c1ccc(C)cc1. The molecule has 170 valence electrons. The summed E-state index contributed by atoms with van der Waals surface area (Å²) in [4.78, 5) is 12.0. The molecule has 1 N–H and O–H groups in total. The summed E-state index contributed by atoms with van der Waals surface area (Å²) in [6, 6.07) is 13.3. The second-order valence-electron chi connectivity index (χ2n) is 7.16. The van der Waals surface area contributed by atoms with Gasteiger partial charge in [-0.25, -0.2) is 0 Å². The summed E-state index contributed by atoms with van der Waals surface area (Å²) >= 11 is 0. The van der Waals surface area contributed by atoms with Crippen molar-refractivity contribution in [3.63, 3.8) is 0 Å². The van der Waals surface area contributed by atoms with Crippen molar-refractivity contribution >= 4 is 32.6 Å². The van der Waals surface area contributed by atoms with Crippen molar-refractivity contribution < 1.29 is 26.9 Å². The Hall–Kier alpha value is -2.07. The standard InChI is InChI=1S/C22H29NO6S2/c1-5-27-14-20(29-31(25,26)21-12-6-17(2)7-13-21)15-28-19-10-8-18(9-11-19)23-22(24)16-30(3)4/h6-13,20H,5,14-16H2,1-4H3/p+1. The van der Waals surface area contributed by atoms with Crippen molar-refractivity contribution in [3.05, 3.63) is 54.1 Å². The van der Waals surface area contributed by atoms with Crippen LogP contribution in [0.15, 0.2) is 53.4 Å². The number of benzene rings is 2. The number of amides is 1. The lowest BCUT2D eigenvalue weighted by Gasteiger charge is -2.18. The average Bonchev–Trinajstić information content (AvgIpc) is 2.70. The Kier molecular flexibility index (Phi) is 9.83. The summed E-state index contributed by atoms with van der Waals surface area (Å²) < 4.78 is 41.6. The van der Waals surface area contributed by atoms with Gasteiger partial charge in [0.15, 0.2) is 5.75 Å². The molecular weight excluding hydrogens is 438 g/mol. The third kappa shape index (κ3) is 8.90. The Labute approximate surface area is 187 Å². The third-order valence-electron chi connectivity index (χ3n) is 4.07. The lowest BCUT2D eigenvalue weighted by Crippen LogP contribution is -2.30. The van der Waals surface area contributed by atoms with Gasteiger partial charge in [-0.15, -0.1) is 0 Å². The molecule has 0 saturated carbocycles. The summed E-state index contributed by atoms with van der Waals surface area (Å²) in [5.41, 5.74) is 1.63. The smallest absolute Gasteiger partial charge is 0.297 e. The van der Waals surface area contributed by atoms with Crippen LogP contribution in [0.5, 0.6) is 5.75 Å². The van der Waals surface area contributed by atoms with E-state index in [2.05, 4.69) is 5.32 Å². The quantitative estimate of drug-likeness (QED) is 0.380. The van der Waals surface area contributed by atoms with Crippen molar-refractivity contribution in [3.8, 4) is 5.75 Å². The van der Waals surface area contributed by atoms with Gasteiger partial charge in [0.2, 0.25) is 0 Å². The van der Waals surface area contributed by atoms with Crippen molar-refractivity contribution in [1.82, 2.24) is 0 Å². The highest BCUT2D eigenvalue weighted by Gasteiger charge is 2.23. The van der Waals surface area contributed by atoms with E-state index in [4.69, 9.17) is 13.7 Å². The Morgan fingerprint density at radius 3 is 2.26 bits per heavy atom. The minimum absolute atomic E-state index is 0.00866. The van der Waals surface area contributed by atoms with Gasteiger partial charge in [-0.3, -0.25) is 8.98 Å². The summed E-state index contributed by atoms with van der Waals surface area (Å²) in [6.45, 7) is 4.19. The molecular formula is C22H30NO6S2+. The van der Waals surface area contributed by atoms with Crippen molar-refractivity contribution in [1.29, 1.82) is 0 Å². The predicted molar refractivity (Wildman–Crippen MR) is 124 cm³/mol. The van der Waals surface area contributed by atoms with E-state index in [0.717, 1.165) is 5.56 Å². The van der Waals surface area contributed by atoms with E-state index in [1.165, 1.54) is 12.1 Å².